The number of aromatic carboxylic acids is 1. The number of rotatable bonds is 8. The Morgan fingerprint density at radius 1 is 0.765 bits per heavy atom. The molecular formula is C24H32O10. The van der Waals surface area contributed by atoms with Gasteiger partial charge in [-0.15, -0.1) is 0 Å². The van der Waals surface area contributed by atoms with Crippen LogP contribution in [0.5, 0.6) is 34.5 Å². The summed E-state index contributed by atoms with van der Waals surface area (Å²) in [6, 6.07) is 3.05. The van der Waals surface area contributed by atoms with Crippen molar-refractivity contribution < 1.29 is 50.1 Å². The number of carbonyl (C=O) groups is 2. The number of carbonyl (C=O) groups excluding carboxylic acids is 1. The first kappa shape index (κ1) is 28.2. The van der Waals surface area contributed by atoms with Crippen molar-refractivity contribution in [3.8, 4) is 34.5 Å². The van der Waals surface area contributed by atoms with Crippen LogP contribution in [-0.4, -0.2) is 54.3 Å². The maximum atomic E-state index is 11.5. The zero-order valence-electron chi connectivity index (χ0n) is 19.6. The molecule has 0 aromatic heterocycles. The number of phenolic OH excluding ortho intramolecular Hbond substituents is 6. The van der Waals surface area contributed by atoms with Gasteiger partial charge < -0.3 is 40.5 Å². The second kappa shape index (κ2) is 12.4. The van der Waals surface area contributed by atoms with Gasteiger partial charge >= 0.3 is 11.9 Å². The highest BCUT2D eigenvalue weighted by molar-refractivity contribution is 5.92. The molecule has 0 aliphatic carbocycles. The van der Waals surface area contributed by atoms with E-state index in [1.165, 1.54) is 0 Å². The van der Waals surface area contributed by atoms with Gasteiger partial charge in [-0.25, -0.2) is 9.59 Å². The summed E-state index contributed by atoms with van der Waals surface area (Å²) in [6.45, 7) is 8.23. The molecule has 0 amide bonds. The van der Waals surface area contributed by atoms with E-state index in [4.69, 9.17) is 14.9 Å². The second-order valence-electron chi connectivity index (χ2n) is 8.54. The smallest absolute Gasteiger partial charge is 0.338 e. The number of carboxylic acid groups (broad SMARTS) is 1. The van der Waals surface area contributed by atoms with Crippen molar-refractivity contribution in [2.75, 3.05) is 6.61 Å². The molecule has 0 bridgehead atoms. The fourth-order valence-electron chi connectivity index (χ4n) is 2.75. The lowest BCUT2D eigenvalue weighted by Crippen LogP contribution is -2.08. The Morgan fingerprint density at radius 2 is 1.26 bits per heavy atom. The summed E-state index contributed by atoms with van der Waals surface area (Å²) in [4.78, 5) is 22.5. The lowest BCUT2D eigenvalue weighted by atomic mass is 9.96. The quantitative estimate of drug-likeness (QED) is 0.214. The number of carboxylic acids is 1. The normalized spacial score (nSPS) is 10.6. The monoisotopic (exact) mass is 480 g/mol. The van der Waals surface area contributed by atoms with Gasteiger partial charge in [0.05, 0.1) is 17.7 Å². The van der Waals surface area contributed by atoms with Crippen LogP contribution >= 0.6 is 0 Å². The van der Waals surface area contributed by atoms with Crippen molar-refractivity contribution in [1.82, 2.24) is 0 Å². The Balaban J connectivity index is 0.000000340. The predicted molar refractivity (Wildman–Crippen MR) is 123 cm³/mol. The number of aromatic hydroxyl groups is 6. The van der Waals surface area contributed by atoms with Gasteiger partial charge in [0.1, 0.15) is 0 Å². The van der Waals surface area contributed by atoms with Gasteiger partial charge in [-0.1, -0.05) is 27.7 Å². The van der Waals surface area contributed by atoms with Crippen LogP contribution in [0.25, 0.3) is 0 Å². The van der Waals surface area contributed by atoms with Crippen LogP contribution in [-0.2, 0) is 11.2 Å². The molecule has 10 nitrogen and oxygen atoms in total. The average molecular weight is 481 g/mol. The van der Waals surface area contributed by atoms with Gasteiger partial charge in [0.25, 0.3) is 0 Å². The molecule has 34 heavy (non-hydrogen) atoms. The molecule has 188 valence electrons. The van der Waals surface area contributed by atoms with E-state index in [1.807, 2.05) is 27.7 Å². The van der Waals surface area contributed by atoms with Gasteiger partial charge in [-0.3, -0.25) is 0 Å². The van der Waals surface area contributed by atoms with Gasteiger partial charge in [0, 0.05) is 5.56 Å². The van der Waals surface area contributed by atoms with Crippen LogP contribution in [0.1, 0.15) is 66.8 Å². The Morgan fingerprint density at radius 3 is 1.74 bits per heavy atom. The molecule has 0 aliphatic rings. The molecule has 0 spiro atoms. The molecule has 2 aromatic carbocycles. The summed E-state index contributed by atoms with van der Waals surface area (Å²) >= 11 is 0. The Kier molecular flexibility index (Phi) is 10.3. The summed E-state index contributed by atoms with van der Waals surface area (Å²) < 4.78 is 4.95. The summed E-state index contributed by atoms with van der Waals surface area (Å²) in [5.41, 5.74) is -0.0264. The summed E-state index contributed by atoms with van der Waals surface area (Å²) in [6.07, 6.45) is 1.75. The third kappa shape index (κ3) is 7.95. The van der Waals surface area contributed by atoms with Crippen molar-refractivity contribution in [2.45, 2.75) is 47.0 Å². The first-order valence-corrected chi connectivity index (χ1v) is 10.7. The summed E-state index contributed by atoms with van der Waals surface area (Å²) in [5, 5.41) is 64.8. The lowest BCUT2D eigenvalue weighted by molar-refractivity contribution is 0.0486. The zero-order valence-corrected chi connectivity index (χ0v) is 19.6. The standard InChI is InChI=1S/2C12H16O5/c1-7(2)3-4-17-12(16)8-5-9(13)11(15)10(14)6-8;1-6(2)3-4-7-8(12(16)17)5-9(13)11(15)10(7)14/h5-7,13-15H,3-4H2,1-2H3;5-6,13-15H,3-4H2,1-2H3,(H,16,17). The highest BCUT2D eigenvalue weighted by Gasteiger charge is 2.21. The van der Waals surface area contributed by atoms with Crippen molar-refractivity contribution in [3.05, 3.63) is 34.9 Å². The fraction of sp³-hybridized carbons (Fsp3) is 0.417. The van der Waals surface area contributed by atoms with E-state index in [9.17, 15) is 35.1 Å². The SMILES string of the molecule is CC(C)CCOC(=O)c1cc(O)c(O)c(O)c1.CC(C)CCc1c(C(=O)O)cc(O)c(O)c1O. The molecule has 7 N–H and O–H groups in total. The first-order chi connectivity index (χ1) is 15.8. The lowest BCUT2D eigenvalue weighted by Gasteiger charge is -2.12. The van der Waals surface area contributed by atoms with Gasteiger partial charge in [0.15, 0.2) is 28.7 Å². The molecule has 2 rings (SSSR count). The van der Waals surface area contributed by atoms with Crippen molar-refractivity contribution >= 4 is 11.9 Å². The van der Waals surface area contributed by atoms with Gasteiger partial charge in [0.2, 0.25) is 5.75 Å². The number of benzene rings is 2. The minimum absolute atomic E-state index is 0.00144. The van der Waals surface area contributed by atoms with Crippen LogP contribution in [0.4, 0.5) is 0 Å². The van der Waals surface area contributed by atoms with Crippen LogP contribution in [0.15, 0.2) is 18.2 Å². The third-order valence-corrected chi connectivity index (χ3v) is 4.79. The minimum atomic E-state index is -1.24. The molecule has 0 unspecified atom stereocenters. The molecule has 0 saturated carbocycles. The first-order valence-electron chi connectivity index (χ1n) is 10.7. The van der Waals surface area contributed by atoms with Crippen molar-refractivity contribution in [3.63, 3.8) is 0 Å². The van der Waals surface area contributed by atoms with Crippen molar-refractivity contribution in [2.24, 2.45) is 11.8 Å². The van der Waals surface area contributed by atoms with Crippen molar-refractivity contribution in [1.29, 1.82) is 0 Å². The van der Waals surface area contributed by atoms with E-state index in [0.717, 1.165) is 24.6 Å². The number of ether oxygens (including phenoxy) is 1. The number of esters is 1. The van der Waals surface area contributed by atoms with Crippen LogP contribution in [0.2, 0.25) is 0 Å². The molecule has 0 aliphatic heterocycles. The molecule has 2 aromatic rings. The van der Waals surface area contributed by atoms with E-state index < -0.39 is 46.4 Å². The molecule has 0 heterocycles. The van der Waals surface area contributed by atoms with Gasteiger partial charge in [-0.2, -0.15) is 0 Å². The van der Waals surface area contributed by atoms with E-state index in [2.05, 4.69) is 0 Å². The molecule has 0 fully saturated rings. The third-order valence-electron chi connectivity index (χ3n) is 4.79. The number of phenols is 6. The average Bonchev–Trinajstić information content (AvgIpc) is 2.74. The second-order valence-corrected chi connectivity index (χ2v) is 8.54. The Hall–Kier alpha value is -3.82. The molecule has 10 heteroatoms. The molecule has 0 saturated heterocycles. The topological polar surface area (TPSA) is 185 Å². The minimum Gasteiger partial charge on any atom is -0.504 e. The highest BCUT2D eigenvalue weighted by Crippen LogP contribution is 2.40. The summed E-state index contributed by atoms with van der Waals surface area (Å²) in [5.74, 6) is -4.74. The molecule has 0 atom stereocenters. The predicted octanol–water partition coefficient (Wildman–Crippen LogP) is 4.10. The van der Waals surface area contributed by atoms with Crippen LogP contribution in [0.3, 0.4) is 0 Å². The van der Waals surface area contributed by atoms with E-state index in [-0.39, 0.29) is 23.3 Å². The summed E-state index contributed by atoms with van der Waals surface area (Å²) in [7, 11) is 0. The number of hydrogen-bond donors (Lipinski definition) is 7. The zero-order chi connectivity index (χ0) is 26.2. The van der Waals surface area contributed by atoms with Gasteiger partial charge in [-0.05, 0) is 49.3 Å². The maximum Gasteiger partial charge on any atom is 0.338 e. The Bertz CT molecular complexity index is 988. The van der Waals surface area contributed by atoms with E-state index >= 15 is 0 Å². The van der Waals surface area contributed by atoms with Crippen LogP contribution in [0, 0.1) is 11.8 Å². The highest BCUT2D eigenvalue weighted by atomic mass is 16.5. The largest absolute Gasteiger partial charge is 0.504 e. The fourth-order valence-corrected chi connectivity index (χ4v) is 2.75. The van der Waals surface area contributed by atoms with E-state index in [0.29, 0.717) is 24.7 Å². The van der Waals surface area contributed by atoms with E-state index in [1.54, 1.807) is 0 Å². The maximum absolute atomic E-state index is 11.5. The molecular weight excluding hydrogens is 448 g/mol. The Labute approximate surface area is 197 Å². The number of hydrogen-bond acceptors (Lipinski definition) is 9. The van der Waals surface area contributed by atoms with Crippen LogP contribution < -0.4 is 0 Å². The molecule has 0 radical (unpaired) electrons.